The number of fused-ring (bicyclic) bond motifs is 1. The SMILES string of the molecule is CS(=O)(=O)NCC(=O)N1C[C@H]2C[C@@H](Oc3ccc(F)cc3)[C@H](O)C[C@H]2C1. The number of nitrogens with one attached hydrogen (secondary N) is 1. The molecule has 0 unspecified atom stereocenters. The maximum atomic E-state index is 13.0. The average molecular weight is 386 g/mol. The second kappa shape index (κ2) is 7.50. The number of carbonyl (C=O) groups excluding carboxylic acids is 1. The summed E-state index contributed by atoms with van der Waals surface area (Å²) >= 11 is 0. The van der Waals surface area contributed by atoms with Crippen LogP contribution in [0.5, 0.6) is 5.75 Å². The van der Waals surface area contributed by atoms with Crippen LogP contribution in [0.25, 0.3) is 0 Å². The number of nitrogens with zero attached hydrogens (tertiary/aromatic N) is 1. The molecule has 0 radical (unpaired) electrons. The van der Waals surface area contributed by atoms with Crippen LogP contribution in [0.3, 0.4) is 0 Å². The highest BCUT2D eigenvalue weighted by molar-refractivity contribution is 7.88. The number of likely N-dealkylation sites (tertiary alicyclic amines) is 1. The number of halogens is 1. The third-order valence-electron chi connectivity index (χ3n) is 5.02. The lowest BCUT2D eigenvalue weighted by molar-refractivity contribution is -0.129. The van der Waals surface area contributed by atoms with Crippen molar-refractivity contribution in [1.82, 2.24) is 9.62 Å². The van der Waals surface area contributed by atoms with Gasteiger partial charge in [0.15, 0.2) is 0 Å². The van der Waals surface area contributed by atoms with E-state index >= 15 is 0 Å². The van der Waals surface area contributed by atoms with E-state index in [4.69, 9.17) is 4.74 Å². The van der Waals surface area contributed by atoms with Crippen molar-refractivity contribution in [1.29, 1.82) is 0 Å². The van der Waals surface area contributed by atoms with Gasteiger partial charge in [0.2, 0.25) is 15.9 Å². The molecule has 4 atom stereocenters. The van der Waals surface area contributed by atoms with Crippen molar-refractivity contribution in [3.8, 4) is 5.75 Å². The third kappa shape index (κ3) is 4.72. The second-order valence-electron chi connectivity index (χ2n) is 7.06. The fourth-order valence-electron chi connectivity index (χ4n) is 3.71. The molecule has 2 fully saturated rings. The van der Waals surface area contributed by atoms with Crippen LogP contribution in [0.1, 0.15) is 12.8 Å². The van der Waals surface area contributed by atoms with Crippen LogP contribution in [0, 0.1) is 17.7 Å². The fraction of sp³-hybridized carbons (Fsp3) is 0.588. The first-order chi connectivity index (χ1) is 12.2. The summed E-state index contributed by atoms with van der Waals surface area (Å²) in [5, 5.41) is 10.4. The highest BCUT2D eigenvalue weighted by atomic mass is 32.2. The molecule has 1 heterocycles. The minimum absolute atomic E-state index is 0.167. The van der Waals surface area contributed by atoms with Crippen molar-refractivity contribution < 1.29 is 27.4 Å². The zero-order valence-corrected chi connectivity index (χ0v) is 15.3. The largest absolute Gasteiger partial charge is 0.488 e. The van der Waals surface area contributed by atoms with Crippen molar-refractivity contribution in [2.75, 3.05) is 25.9 Å². The Balaban J connectivity index is 1.57. The first-order valence-electron chi connectivity index (χ1n) is 8.54. The number of carbonyl (C=O) groups is 1. The number of benzene rings is 1. The number of amides is 1. The van der Waals surface area contributed by atoms with Gasteiger partial charge in [-0.1, -0.05) is 0 Å². The fourth-order valence-corrected chi connectivity index (χ4v) is 4.10. The van der Waals surface area contributed by atoms with Gasteiger partial charge in [-0.25, -0.2) is 17.5 Å². The molecule has 2 N–H and O–H groups in total. The Hall–Kier alpha value is -1.71. The molecule has 1 aromatic rings. The molecule has 144 valence electrons. The van der Waals surface area contributed by atoms with Gasteiger partial charge in [0, 0.05) is 13.1 Å². The zero-order valence-electron chi connectivity index (χ0n) is 14.5. The summed E-state index contributed by atoms with van der Waals surface area (Å²) in [5.74, 6) is 0.230. The normalized spacial score (nSPS) is 28.7. The van der Waals surface area contributed by atoms with E-state index in [0.717, 1.165) is 6.26 Å². The summed E-state index contributed by atoms with van der Waals surface area (Å²) < 4.78 is 43.3. The van der Waals surface area contributed by atoms with Crippen LogP contribution < -0.4 is 9.46 Å². The Labute approximate surface area is 152 Å². The van der Waals surface area contributed by atoms with Crippen LogP contribution in [0.4, 0.5) is 4.39 Å². The maximum absolute atomic E-state index is 13.0. The van der Waals surface area contributed by atoms with E-state index in [9.17, 15) is 22.7 Å². The Bertz CT molecular complexity index is 755. The standard InChI is InChI=1S/C17H23FN2O5S/c1-26(23,24)19-8-17(22)20-9-11-6-15(21)16(7-12(11)10-20)25-14-4-2-13(18)3-5-14/h2-5,11-12,15-16,19,21H,6-10H2,1H3/t11-,12+,15+,16+/m0/s1. The summed E-state index contributed by atoms with van der Waals surface area (Å²) in [5.41, 5.74) is 0. The van der Waals surface area contributed by atoms with Crippen molar-refractivity contribution in [3.05, 3.63) is 30.1 Å². The number of hydrogen-bond donors (Lipinski definition) is 2. The van der Waals surface area contributed by atoms with Gasteiger partial charge in [-0.05, 0) is 48.9 Å². The van der Waals surface area contributed by atoms with Gasteiger partial charge in [-0.2, -0.15) is 0 Å². The Morgan fingerprint density at radius 2 is 1.88 bits per heavy atom. The summed E-state index contributed by atoms with van der Waals surface area (Å²) in [4.78, 5) is 13.8. The molecule has 0 spiro atoms. The number of aliphatic hydroxyl groups is 1. The predicted octanol–water partition coefficient (Wildman–Crippen LogP) is 0.352. The highest BCUT2D eigenvalue weighted by Crippen LogP contribution is 2.38. The van der Waals surface area contributed by atoms with Crippen molar-refractivity contribution >= 4 is 15.9 Å². The van der Waals surface area contributed by atoms with Gasteiger partial charge in [0.05, 0.1) is 18.9 Å². The molecule has 26 heavy (non-hydrogen) atoms. The van der Waals surface area contributed by atoms with E-state index in [1.807, 2.05) is 0 Å². The monoisotopic (exact) mass is 386 g/mol. The Morgan fingerprint density at radius 3 is 2.50 bits per heavy atom. The Morgan fingerprint density at radius 1 is 1.27 bits per heavy atom. The van der Waals surface area contributed by atoms with Crippen molar-refractivity contribution in [3.63, 3.8) is 0 Å². The molecule has 1 saturated carbocycles. The molecular formula is C17H23FN2O5S. The molecule has 1 aliphatic carbocycles. The summed E-state index contributed by atoms with van der Waals surface area (Å²) in [6.45, 7) is 0.774. The topological polar surface area (TPSA) is 95.9 Å². The quantitative estimate of drug-likeness (QED) is 0.761. The molecular weight excluding hydrogens is 363 g/mol. The number of aliphatic hydroxyl groups excluding tert-OH is 1. The van der Waals surface area contributed by atoms with Gasteiger partial charge in [0.25, 0.3) is 0 Å². The van der Waals surface area contributed by atoms with E-state index in [2.05, 4.69) is 4.72 Å². The van der Waals surface area contributed by atoms with Crippen LogP contribution >= 0.6 is 0 Å². The van der Waals surface area contributed by atoms with E-state index < -0.39 is 22.2 Å². The highest BCUT2D eigenvalue weighted by Gasteiger charge is 2.43. The van der Waals surface area contributed by atoms with Gasteiger partial charge < -0.3 is 14.7 Å². The van der Waals surface area contributed by atoms with Crippen LogP contribution in [-0.4, -0.2) is 62.4 Å². The molecule has 2 aliphatic rings. The van der Waals surface area contributed by atoms with E-state index in [1.165, 1.54) is 24.3 Å². The summed E-state index contributed by atoms with van der Waals surface area (Å²) in [6.07, 6.45) is 1.04. The average Bonchev–Trinajstić information content (AvgIpc) is 2.97. The predicted molar refractivity (Wildman–Crippen MR) is 92.5 cm³/mol. The molecule has 7 nitrogen and oxygen atoms in total. The third-order valence-corrected chi connectivity index (χ3v) is 5.69. The first kappa shape index (κ1) is 19.1. The zero-order chi connectivity index (χ0) is 18.9. The molecule has 9 heteroatoms. The number of rotatable bonds is 5. The lowest BCUT2D eigenvalue weighted by atomic mass is 9.78. The molecule has 1 saturated heterocycles. The summed E-state index contributed by atoms with van der Waals surface area (Å²) in [6, 6.07) is 5.65. The molecule has 3 rings (SSSR count). The lowest BCUT2D eigenvalue weighted by Gasteiger charge is -2.35. The molecule has 0 bridgehead atoms. The lowest BCUT2D eigenvalue weighted by Crippen LogP contribution is -2.42. The van der Waals surface area contributed by atoms with E-state index in [-0.39, 0.29) is 30.1 Å². The molecule has 1 aromatic carbocycles. The Kier molecular flexibility index (Phi) is 5.50. The van der Waals surface area contributed by atoms with Gasteiger partial charge >= 0.3 is 0 Å². The first-order valence-corrected chi connectivity index (χ1v) is 10.4. The van der Waals surface area contributed by atoms with Crippen LogP contribution in [0.15, 0.2) is 24.3 Å². The van der Waals surface area contributed by atoms with Crippen LogP contribution in [0.2, 0.25) is 0 Å². The van der Waals surface area contributed by atoms with Gasteiger partial charge in [0.1, 0.15) is 17.7 Å². The van der Waals surface area contributed by atoms with Crippen molar-refractivity contribution in [2.45, 2.75) is 25.0 Å². The van der Waals surface area contributed by atoms with Gasteiger partial charge in [-0.3, -0.25) is 4.79 Å². The summed E-state index contributed by atoms with van der Waals surface area (Å²) in [7, 11) is -3.41. The minimum Gasteiger partial charge on any atom is -0.488 e. The molecule has 1 amide bonds. The van der Waals surface area contributed by atoms with E-state index in [1.54, 1.807) is 4.90 Å². The molecule has 0 aromatic heterocycles. The smallest absolute Gasteiger partial charge is 0.237 e. The van der Waals surface area contributed by atoms with Crippen molar-refractivity contribution in [2.24, 2.45) is 11.8 Å². The molecule has 1 aliphatic heterocycles. The number of sulfonamides is 1. The van der Waals surface area contributed by atoms with E-state index in [0.29, 0.717) is 31.7 Å². The van der Waals surface area contributed by atoms with Gasteiger partial charge in [-0.15, -0.1) is 0 Å². The second-order valence-corrected chi connectivity index (χ2v) is 8.89. The van der Waals surface area contributed by atoms with Crippen LogP contribution in [-0.2, 0) is 14.8 Å². The minimum atomic E-state index is -3.41. The number of hydrogen-bond acceptors (Lipinski definition) is 5. The number of ether oxygens (including phenoxy) is 1. The maximum Gasteiger partial charge on any atom is 0.237 e.